The quantitative estimate of drug-likeness (QED) is 0.442. The number of carbonyl (C=O) groups is 3. The molecule has 4 rings (SSSR count). The molecule has 1 saturated heterocycles. The van der Waals surface area contributed by atoms with Crippen LogP contribution in [0.2, 0.25) is 4.34 Å². The second-order valence-corrected chi connectivity index (χ2v) is 9.63. The van der Waals surface area contributed by atoms with Gasteiger partial charge in [-0.15, -0.1) is 11.3 Å². The van der Waals surface area contributed by atoms with Crippen LogP contribution in [-0.4, -0.2) is 57.5 Å². The molecule has 1 aliphatic rings. The Kier molecular flexibility index (Phi) is 7.29. The lowest BCUT2D eigenvalue weighted by Gasteiger charge is -2.21. The number of amides is 2. The monoisotopic (exact) mass is 518 g/mol. The zero-order chi connectivity index (χ0) is 25.1. The molecule has 1 aliphatic heterocycles. The average Bonchev–Trinajstić information content (AvgIpc) is 3.41. The third kappa shape index (κ3) is 5.76. The molecule has 1 aromatic carbocycles. The summed E-state index contributed by atoms with van der Waals surface area (Å²) in [6.45, 7) is -0.290. The Labute approximate surface area is 207 Å². The van der Waals surface area contributed by atoms with E-state index in [0.717, 1.165) is 17.4 Å². The zero-order valence-corrected chi connectivity index (χ0v) is 19.7. The minimum atomic E-state index is -1.14. The molecule has 9 nitrogen and oxygen atoms in total. The van der Waals surface area contributed by atoms with Gasteiger partial charge >= 0.3 is 5.97 Å². The SMILES string of the molecule is O=C(O)CN1C[C@@H](NC(=O)c2ccc(Cl)s2)CC1C(=O)Nc1ccc(-n2ccccc2=O)cc1F. The molecule has 12 heteroatoms. The number of carbonyl (C=O) groups excluding carboxylic acids is 2. The van der Waals surface area contributed by atoms with Crippen LogP contribution in [-0.2, 0) is 9.59 Å². The molecule has 3 N–H and O–H groups in total. The van der Waals surface area contributed by atoms with Gasteiger partial charge in [0.25, 0.3) is 11.5 Å². The van der Waals surface area contributed by atoms with Crippen LogP contribution in [0.5, 0.6) is 0 Å². The summed E-state index contributed by atoms with van der Waals surface area (Å²) in [5.74, 6) is -2.87. The second-order valence-electron chi connectivity index (χ2n) is 7.91. The topological polar surface area (TPSA) is 121 Å². The summed E-state index contributed by atoms with van der Waals surface area (Å²) < 4.78 is 16.5. The molecule has 35 heavy (non-hydrogen) atoms. The number of carboxylic acid groups (broad SMARTS) is 1. The van der Waals surface area contributed by atoms with Gasteiger partial charge in [-0.2, -0.15) is 0 Å². The molecule has 182 valence electrons. The number of likely N-dealkylation sites (tertiary alicyclic amines) is 1. The molecule has 2 atom stereocenters. The van der Waals surface area contributed by atoms with E-state index in [1.54, 1.807) is 24.3 Å². The highest BCUT2D eigenvalue weighted by Gasteiger charge is 2.38. The van der Waals surface area contributed by atoms with E-state index in [1.807, 2.05) is 0 Å². The summed E-state index contributed by atoms with van der Waals surface area (Å²) in [7, 11) is 0. The van der Waals surface area contributed by atoms with Crippen molar-refractivity contribution >= 4 is 46.4 Å². The summed E-state index contributed by atoms with van der Waals surface area (Å²) in [6.07, 6.45) is 1.64. The Morgan fingerprint density at radius 3 is 2.63 bits per heavy atom. The van der Waals surface area contributed by atoms with E-state index in [4.69, 9.17) is 11.6 Å². The fourth-order valence-corrected chi connectivity index (χ4v) is 4.88. The van der Waals surface area contributed by atoms with Crippen LogP contribution >= 0.6 is 22.9 Å². The van der Waals surface area contributed by atoms with Crippen molar-refractivity contribution in [2.45, 2.75) is 18.5 Å². The van der Waals surface area contributed by atoms with Crippen molar-refractivity contribution in [3.8, 4) is 5.69 Å². The number of nitrogens with one attached hydrogen (secondary N) is 2. The van der Waals surface area contributed by atoms with Gasteiger partial charge in [-0.1, -0.05) is 17.7 Å². The predicted molar refractivity (Wildman–Crippen MR) is 129 cm³/mol. The van der Waals surface area contributed by atoms with Crippen molar-refractivity contribution in [1.82, 2.24) is 14.8 Å². The third-order valence-electron chi connectivity index (χ3n) is 5.49. The minimum Gasteiger partial charge on any atom is -0.480 e. The molecule has 0 aliphatic carbocycles. The molecule has 2 amide bonds. The molecule has 0 spiro atoms. The smallest absolute Gasteiger partial charge is 0.317 e. The number of nitrogens with zero attached hydrogens (tertiary/aromatic N) is 2. The Bertz CT molecular complexity index is 1340. The lowest BCUT2D eigenvalue weighted by atomic mass is 10.1. The number of carboxylic acids is 1. The van der Waals surface area contributed by atoms with Crippen LogP contribution in [0.25, 0.3) is 5.69 Å². The van der Waals surface area contributed by atoms with Crippen molar-refractivity contribution in [2.24, 2.45) is 0 Å². The number of pyridine rings is 1. The number of aromatic nitrogens is 1. The molecule has 0 bridgehead atoms. The first-order chi connectivity index (χ1) is 16.7. The van der Waals surface area contributed by atoms with Crippen LogP contribution < -0.4 is 16.2 Å². The Morgan fingerprint density at radius 2 is 1.97 bits per heavy atom. The van der Waals surface area contributed by atoms with E-state index in [0.29, 0.717) is 9.21 Å². The number of thiophene rings is 1. The van der Waals surface area contributed by atoms with E-state index in [1.165, 1.54) is 33.9 Å². The van der Waals surface area contributed by atoms with Crippen molar-refractivity contribution in [3.63, 3.8) is 0 Å². The summed E-state index contributed by atoms with van der Waals surface area (Å²) in [5.41, 5.74) is -0.161. The summed E-state index contributed by atoms with van der Waals surface area (Å²) >= 11 is 6.98. The van der Waals surface area contributed by atoms with Crippen molar-refractivity contribution in [1.29, 1.82) is 0 Å². The number of halogens is 2. The zero-order valence-electron chi connectivity index (χ0n) is 18.1. The number of anilines is 1. The maximum absolute atomic E-state index is 14.8. The number of hydrogen-bond acceptors (Lipinski definition) is 6. The highest BCUT2D eigenvalue weighted by molar-refractivity contribution is 7.18. The number of rotatable bonds is 7. The maximum atomic E-state index is 14.8. The molecule has 0 saturated carbocycles. The Hall–Kier alpha value is -3.54. The normalized spacial score (nSPS) is 17.8. The lowest BCUT2D eigenvalue weighted by Crippen LogP contribution is -2.42. The first kappa shape index (κ1) is 24.6. The van der Waals surface area contributed by atoms with E-state index in [2.05, 4.69) is 10.6 Å². The van der Waals surface area contributed by atoms with Gasteiger partial charge < -0.3 is 15.7 Å². The first-order valence-electron chi connectivity index (χ1n) is 10.5. The van der Waals surface area contributed by atoms with Gasteiger partial charge in [-0.05, 0) is 36.8 Å². The fraction of sp³-hybridized carbons (Fsp3) is 0.217. The Morgan fingerprint density at radius 1 is 1.17 bits per heavy atom. The fourth-order valence-electron chi connectivity index (χ4n) is 3.93. The van der Waals surface area contributed by atoms with Gasteiger partial charge in [0.2, 0.25) is 5.91 Å². The summed E-state index contributed by atoms with van der Waals surface area (Å²) in [4.78, 5) is 50.5. The molecule has 0 radical (unpaired) electrons. The van der Waals surface area contributed by atoms with Gasteiger partial charge in [0, 0.05) is 30.9 Å². The average molecular weight is 519 g/mol. The molecule has 1 unspecified atom stereocenters. The lowest BCUT2D eigenvalue weighted by molar-refractivity contribution is -0.139. The molecular weight excluding hydrogens is 499 g/mol. The van der Waals surface area contributed by atoms with E-state index >= 15 is 0 Å². The summed E-state index contributed by atoms with van der Waals surface area (Å²) in [5, 5.41) is 14.5. The van der Waals surface area contributed by atoms with Gasteiger partial charge in [0.15, 0.2) is 0 Å². The number of aliphatic carboxylic acids is 1. The summed E-state index contributed by atoms with van der Waals surface area (Å²) in [6, 6.07) is 10.3. The number of hydrogen-bond donors (Lipinski definition) is 3. The van der Waals surface area contributed by atoms with E-state index < -0.39 is 36.3 Å². The van der Waals surface area contributed by atoms with Crippen LogP contribution in [0.15, 0.2) is 59.5 Å². The highest BCUT2D eigenvalue weighted by atomic mass is 35.5. The first-order valence-corrected chi connectivity index (χ1v) is 11.7. The van der Waals surface area contributed by atoms with E-state index in [-0.39, 0.29) is 35.8 Å². The van der Waals surface area contributed by atoms with Crippen molar-refractivity contribution in [3.05, 3.63) is 80.1 Å². The number of benzene rings is 1. The van der Waals surface area contributed by atoms with Crippen LogP contribution in [0.3, 0.4) is 0 Å². The molecular formula is C23H20ClFN4O5S. The molecule has 1 fully saturated rings. The third-order valence-corrected chi connectivity index (χ3v) is 6.72. The van der Waals surface area contributed by atoms with Crippen LogP contribution in [0.4, 0.5) is 10.1 Å². The van der Waals surface area contributed by atoms with Crippen LogP contribution in [0, 0.1) is 5.82 Å². The largest absolute Gasteiger partial charge is 0.480 e. The molecule has 2 aromatic heterocycles. The van der Waals surface area contributed by atoms with Crippen molar-refractivity contribution < 1.29 is 23.9 Å². The molecule has 3 heterocycles. The van der Waals surface area contributed by atoms with Gasteiger partial charge in [-0.25, -0.2) is 4.39 Å². The molecule has 3 aromatic rings. The second kappa shape index (κ2) is 10.4. The van der Waals surface area contributed by atoms with Gasteiger partial charge in [-0.3, -0.25) is 28.6 Å². The van der Waals surface area contributed by atoms with Gasteiger partial charge in [0.1, 0.15) is 5.82 Å². The predicted octanol–water partition coefficient (Wildman–Crippen LogP) is 2.59. The van der Waals surface area contributed by atoms with Crippen LogP contribution in [0.1, 0.15) is 16.1 Å². The maximum Gasteiger partial charge on any atom is 0.317 e. The van der Waals surface area contributed by atoms with Gasteiger partial charge in [0.05, 0.1) is 33.2 Å². The minimum absolute atomic E-state index is 0.112. The van der Waals surface area contributed by atoms with Crippen molar-refractivity contribution in [2.75, 3.05) is 18.4 Å². The highest BCUT2D eigenvalue weighted by Crippen LogP contribution is 2.24. The standard InChI is InChI=1S/C23H20ClFN4O5S/c24-19-7-6-18(35-19)23(34)26-13-9-17(28(11-13)12-21(31)32)22(33)27-16-5-4-14(10-15(16)25)29-8-2-1-3-20(29)30/h1-8,10,13,17H,9,11-12H2,(H,26,34)(H,27,33)(H,31,32)/t13-,17?/m0/s1. The Balaban J connectivity index is 1.47. The van der Waals surface area contributed by atoms with E-state index in [9.17, 15) is 28.7 Å².